The minimum atomic E-state index is -0.853. The minimum absolute atomic E-state index is 0.0187. The van der Waals surface area contributed by atoms with Crippen LogP contribution in [0, 0.1) is 11.6 Å². The Morgan fingerprint density at radius 1 is 0.712 bits per heavy atom. The number of hydrogen-bond acceptors (Lipinski definition) is 13. The third-order valence-electron chi connectivity index (χ3n) is 10.0. The molecule has 0 amide bonds. The maximum atomic E-state index is 14.2. The van der Waals surface area contributed by atoms with Gasteiger partial charge < -0.3 is 30.0 Å². The monoisotopic (exact) mass is 846 g/mol. The molecule has 2 aliphatic rings. The van der Waals surface area contributed by atoms with Gasteiger partial charge in [-0.15, -0.1) is 0 Å². The summed E-state index contributed by atoms with van der Waals surface area (Å²) in [5.41, 5.74) is 1.70. The molecule has 0 aliphatic carbocycles. The third kappa shape index (κ3) is 9.36. The fraction of sp³-hybridized carbons (Fsp3) is 0.268. The van der Waals surface area contributed by atoms with Crippen LogP contribution in [0.5, 0.6) is 11.5 Å². The third-order valence-corrected chi connectivity index (χ3v) is 10.6. The zero-order valence-electron chi connectivity index (χ0n) is 31.9. The van der Waals surface area contributed by atoms with E-state index in [9.17, 15) is 23.5 Å². The van der Waals surface area contributed by atoms with Gasteiger partial charge in [0.1, 0.15) is 60.1 Å². The zero-order chi connectivity index (χ0) is 41.8. The average molecular weight is 848 g/mol. The van der Waals surface area contributed by atoms with E-state index in [4.69, 9.17) is 37.4 Å². The average Bonchev–Trinajstić information content (AvgIpc) is 3.78. The highest BCUT2D eigenvalue weighted by atomic mass is 35.5. The molecule has 2 aliphatic heterocycles. The maximum Gasteiger partial charge on any atom is 0.323 e. The number of aliphatic carboxylic acids is 1. The number of carboxylic acid groups (broad SMARTS) is 1. The van der Waals surface area contributed by atoms with E-state index in [-0.39, 0.29) is 45.6 Å². The molecule has 0 bridgehead atoms. The Labute approximate surface area is 347 Å². The standard InChI is InChI=1S/C21H20ClFN4O3.C20H18ClFN4O3/c1-27-10-13(9-18(27)21(28)29-2)30-12-6-7-14-17(8-12)24-11-25-20(14)26-16-5-3-4-15(22)19(16)23;1-26-9-12(8-17(26)20(27)28)29-11-5-6-13-16(7-11)23-10-24-19(13)25-15-4-2-3-14(21)18(15)22/h3-8,11,13,18H,9-10H2,1-2H3,(H,24,25,26);2-7,10,12,17H,8-9H2,1H3,(H,27,28)(H,23,24,25)/t13-,18-;12-,17-/m00/s1. The summed E-state index contributed by atoms with van der Waals surface area (Å²) in [4.78, 5) is 43.8. The Hall–Kier alpha value is -5.94. The molecule has 4 atom stereocenters. The van der Waals surface area contributed by atoms with Gasteiger partial charge in [0.2, 0.25) is 0 Å². The lowest BCUT2D eigenvalue weighted by molar-refractivity contribution is -0.145. The number of carbonyl (C=O) groups excluding carboxylic acids is 1. The normalized spacial score (nSPS) is 19.2. The number of fused-ring (bicyclic) bond motifs is 2. The van der Waals surface area contributed by atoms with Gasteiger partial charge in [-0.05, 0) is 62.6 Å². The van der Waals surface area contributed by atoms with E-state index in [1.165, 1.54) is 31.9 Å². The predicted molar refractivity (Wildman–Crippen MR) is 219 cm³/mol. The van der Waals surface area contributed by atoms with Crippen LogP contribution in [0.4, 0.5) is 31.8 Å². The number of ether oxygens (including phenoxy) is 3. The first-order valence-electron chi connectivity index (χ1n) is 18.3. The van der Waals surface area contributed by atoms with E-state index < -0.39 is 23.6 Å². The highest BCUT2D eigenvalue weighted by Gasteiger charge is 2.37. The number of likely N-dealkylation sites (N-methyl/N-ethyl adjacent to an activating group) is 2. The van der Waals surface area contributed by atoms with Crippen LogP contribution < -0.4 is 20.1 Å². The van der Waals surface area contributed by atoms with Crippen molar-refractivity contribution in [1.82, 2.24) is 29.7 Å². The molecule has 18 heteroatoms. The van der Waals surface area contributed by atoms with E-state index in [1.807, 2.05) is 18.0 Å². The van der Waals surface area contributed by atoms with Gasteiger partial charge in [0.15, 0.2) is 11.6 Å². The molecule has 14 nitrogen and oxygen atoms in total. The van der Waals surface area contributed by atoms with Crippen molar-refractivity contribution in [2.75, 3.05) is 44.9 Å². The molecule has 0 unspecified atom stereocenters. The van der Waals surface area contributed by atoms with Crippen molar-refractivity contribution in [3.05, 3.63) is 107 Å². The number of benzene rings is 4. The smallest absolute Gasteiger partial charge is 0.323 e. The number of methoxy groups -OCH3 is 1. The van der Waals surface area contributed by atoms with Gasteiger partial charge in [-0.1, -0.05) is 35.3 Å². The maximum absolute atomic E-state index is 14.2. The van der Waals surface area contributed by atoms with Crippen molar-refractivity contribution in [2.45, 2.75) is 37.1 Å². The van der Waals surface area contributed by atoms with Crippen LogP contribution in [0.25, 0.3) is 21.8 Å². The molecule has 8 rings (SSSR count). The Morgan fingerprint density at radius 2 is 1.17 bits per heavy atom. The number of likely N-dealkylation sites (tertiary alicyclic amines) is 2. The summed E-state index contributed by atoms with van der Waals surface area (Å²) in [5, 5.41) is 16.6. The number of rotatable bonds is 10. The molecule has 0 radical (unpaired) electrons. The zero-order valence-corrected chi connectivity index (χ0v) is 33.4. The number of aromatic nitrogens is 4. The van der Waals surface area contributed by atoms with Crippen molar-refractivity contribution in [3.8, 4) is 11.5 Å². The Balaban J connectivity index is 0.000000179. The van der Waals surface area contributed by atoms with Crippen LogP contribution in [0.1, 0.15) is 12.8 Å². The first-order valence-corrected chi connectivity index (χ1v) is 19.1. The number of carbonyl (C=O) groups is 2. The van der Waals surface area contributed by atoms with Crippen molar-refractivity contribution >= 4 is 80.0 Å². The summed E-state index contributed by atoms with van der Waals surface area (Å²) >= 11 is 11.7. The Bertz CT molecular complexity index is 2520. The lowest BCUT2D eigenvalue weighted by Gasteiger charge is -2.15. The summed E-state index contributed by atoms with van der Waals surface area (Å²) in [6.45, 7) is 1.14. The van der Waals surface area contributed by atoms with Gasteiger partial charge >= 0.3 is 11.9 Å². The lowest BCUT2D eigenvalue weighted by Crippen LogP contribution is -2.33. The summed E-state index contributed by atoms with van der Waals surface area (Å²) < 4.78 is 45.3. The van der Waals surface area contributed by atoms with Crippen LogP contribution in [0.3, 0.4) is 0 Å². The highest BCUT2D eigenvalue weighted by molar-refractivity contribution is 6.31. The topological polar surface area (TPSA) is 164 Å². The molecule has 0 saturated carbocycles. The number of esters is 1. The quantitative estimate of drug-likeness (QED) is 0.116. The van der Waals surface area contributed by atoms with Gasteiger partial charge in [0.05, 0.1) is 39.6 Å². The van der Waals surface area contributed by atoms with Crippen molar-refractivity contribution < 1.29 is 37.7 Å². The van der Waals surface area contributed by atoms with E-state index in [0.717, 1.165) is 0 Å². The molecule has 59 heavy (non-hydrogen) atoms. The molecule has 2 saturated heterocycles. The number of nitrogens with zero attached hydrogens (tertiary/aromatic N) is 6. The molecule has 0 spiro atoms. The number of nitrogens with one attached hydrogen (secondary N) is 2. The van der Waals surface area contributed by atoms with E-state index >= 15 is 0 Å². The van der Waals surface area contributed by atoms with Gasteiger partial charge in [0, 0.05) is 48.8 Å². The summed E-state index contributed by atoms with van der Waals surface area (Å²) in [6.07, 6.45) is 3.37. The van der Waals surface area contributed by atoms with E-state index in [1.54, 1.807) is 66.5 Å². The molecular weight excluding hydrogens is 809 g/mol. The predicted octanol–water partition coefficient (Wildman–Crippen LogP) is 7.49. The molecule has 2 fully saturated rings. The second-order valence-electron chi connectivity index (χ2n) is 14.0. The van der Waals surface area contributed by atoms with Gasteiger partial charge in [-0.3, -0.25) is 19.4 Å². The highest BCUT2D eigenvalue weighted by Crippen LogP contribution is 2.32. The van der Waals surface area contributed by atoms with Gasteiger partial charge in [-0.2, -0.15) is 0 Å². The van der Waals surface area contributed by atoms with Crippen molar-refractivity contribution in [3.63, 3.8) is 0 Å². The Kier molecular flexibility index (Phi) is 12.5. The largest absolute Gasteiger partial charge is 0.489 e. The molecular formula is C41H38Cl2F2N8O6. The van der Waals surface area contributed by atoms with E-state index in [2.05, 4.69) is 30.6 Å². The van der Waals surface area contributed by atoms with Crippen molar-refractivity contribution in [1.29, 1.82) is 0 Å². The summed E-state index contributed by atoms with van der Waals surface area (Å²) in [7, 11) is 5.02. The number of carboxylic acids is 1. The molecule has 3 N–H and O–H groups in total. The van der Waals surface area contributed by atoms with Crippen LogP contribution in [-0.2, 0) is 14.3 Å². The molecule has 6 aromatic rings. The molecule has 4 aromatic carbocycles. The number of anilines is 4. The Morgan fingerprint density at radius 3 is 1.61 bits per heavy atom. The van der Waals surface area contributed by atoms with Crippen molar-refractivity contribution in [2.24, 2.45) is 0 Å². The van der Waals surface area contributed by atoms with Gasteiger partial charge in [-0.25, -0.2) is 28.7 Å². The lowest BCUT2D eigenvalue weighted by atomic mass is 10.2. The second kappa shape index (κ2) is 17.9. The first-order chi connectivity index (χ1) is 28.4. The van der Waals surface area contributed by atoms with Crippen LogP contribution in [-0.4, -0.2) is 105 Å². The van der Waals surface area contributed by atoms with Crippen LogP contribution >= 0.6 is 23.2 Å². The summed E-state index contributed by atoms with van der Waals surface area (Å²) in [6, 6.07) is 19.3. The molecule has 306 valence electrons. The second-order valence-corrected chi connectivity index (χ2v) is 14.8. The number of halogens is 4. The van der Waals surface area contributed by atoms with Crippen LogP contribution in [0.15, 0.2) is 85.5 Å². The van der Waals surface area contributed by atoms with E-state index in [0.29, 0.717) is 70.9 Å². The molecule has 4 heterocycles. The summed E-state index contributed by atoms with van der Waals surface area (Å²) in [5.74, 6) is -0.109. The number of hydrogen-bond donors (Lipinski definition) is 3. The van der Waals surface area contributed by atoms with Crippen LogP contribution in [0.2, 0.25) is 10.0 Å². The fourth-order valence-corrected chi connectivity index (χ4v) is 7.39. The fourth-order valence-electron chi connectivity index (χ4n) is 7.04. The molecule has 2 aromatic heterocycles. The minimum Gasteiger partial charge on any atom is -0.489 e. The first kappa shape index (κ1) is 41.2. The SMILES string of the molecule is CN1C[C@@H](Oc2ccc3c(Nc4cccc(Cl)c4F)ncnc3c2)C[C@H]1C(=O)O.COC(=O)[C@@H]1C[C@H](Oc2ccc3c(Nc4cccc(Cl)c4F)ncnc3c2)CN1C. The van der Waals surface area contributed by atoms with Gasteiger partial charge in [0.25, 0.3) is 0 Å².